The fourth-order valence-electron chi connectivity index (χ4n) is 1.57. The number of aromatic nitrogens is 1. The van der Waals surface area contributed by atoms with Gasteiger partial charge < -0.3 is 11.1 Å². The molecule has 92 valence electrons. The number of carbonyl (C=O) groups excluding carboxylic acids is 1. The van der Waals surface area contributed by atoms with Crippen LogP contribution in [0.25, 0.3) is 0 Å². The summed E-state index contributed by atoms with van der Waals surface area (Å²) in [6.45, 7) is 1.89. The molecule has 0 aliphatic carbocycles. The van der Waals surface area contributed by atoms with Crippen LogP contribution in [0.4, 0.5) is 11.5 Å². The maximum Gasteiger partial charge on any atom is 0.252 e. The van der Waals surface area contributed by atoms with E-state index in [1.54, 1.807) is 24.4 Å². The van der Waals surface area contributed by atoms with Gasteiger partial charge in [-0.2, -0.15) is 0 Å². The standard InChI is InChI=1S/C13H12ClN3O/c1-8-10(14)5-2-6-11(8)17-13-9(12(15)18)4-3-7-16-13/h2-7H,1H3,(H2,15,18)(H,16,17). The molecule has 18 heavy (non-hydrogen) atoms. The molecule has 1 amide bonds. The number of anilines is 2. The minimum absolute atomic E-state index is 0.344. The van der Waals surface area contributed by atoms with Crippen LogP contribution in [0.15, 0.2) is 36.5 Å². The Morgan fingerprint density at radius 3 is 2.83 bits per heavy atom. The molecule has 3 N–H and O–H groups in total. The predicted octanol–water partition coefficient (Wildman–Crippen LogP) is 2.89. The molecule has 1 aromatic heterocycles. The van der Waals surface area contributed by atoms with Gasteiger partial charge in [0, 0.05) is 16.9 Å². The number of hydrogen-bond acceptors (Lipinski definition) is 3. The Morgan fingerprint density at radius 1 is 1.33 bits per heavy atom. The minimum atomic E-state index is -0.523. The monoisotopic (exact) mass is 261 g/mol. The first-order valence-corrected chi connectivity index (χ1v) is 5.74. The third-order valence-corrected chi connectivity index (χ3v) is 3.00. The lowest BCUT2D eigenvalue weighted by Gasteiger charge is -2.11. The summed E-state index contributed by atoms with van der Waals surface area (Å²) in [5.41, 5.74) is 7.32. The second-order valence-electron chi connectivity index (χ2n) is 3.80. The number of nitrogens with zero attached hydrogens (tertiary/aromatic N) is 1. The predicted molar refractivity (Wildman–Crippen MR) is 72.2 cm³/mol. The van der Waals surface area contributed by atoms with Gasteiger partial charge in [0.25, 0.3) is 5.91 Å². The topological polar surface area (TPSA) is 68.0 Å². The molecule has 0 atom stereocenters. The fraction of sp³-hybridized carbons (Fsp3) is 0.0769. The number of nitrogens with one attached hydrogen (secondary N) is 1. The molecule has 0 radical (unpaired) electrons. The second-order valence-corrected chi connectivity index (χ2v) is 4.21. The zero-order valence-corrected chi connectivity index (χ0v) is 10.5. The molecule has 0 fully saturated rings. The van der Waals surface area contributed by atoms with Crippen molar-refractivity contribution in [3.8, 4) is 0 Å². The van der Waals surface area contributed by atoms with Gasteiger partial charge in [0.1, 0.15) is 5.82 Å². The number of amides is 1. The van der Waals surface area contributed by atoms with E-state index in [1.807, 2.05) is 19.1 Å². The minimum Gasteiger partial charge on any atom is -0.365 e. The summed E-state index contributed by atoms with van der Waals surface area (Å²) >= 11 is 6.03. The maximum atomic E-state index is 11.3. The van der Waals surface area contributed by atoms with Crippen LogP contribution in [0.1, 0.15) is 15.9 Å². The summed E-state index contributed by atoms with van der Waals surface area (Å²) in [6, 6.07) is 8.77. The van der Waals surface area contributed by atoms with E-state index in [0.29, 0.717) is 16.4 Å². The van der Waals surface area contributed by atoms with E-state index in [4.69, 9.17) is 17.3 Å². The highest BCUT2D eigenvalue weighted by molar-refractivity contribution is 6.31. The highest BCUT2D eigenvalue weighted by Gasteiger charge is 2.10. The molecule has 0 saturated carbocycles. The molecule has 0 bridgehead atoms. The normalized spacial score (nSPS) is 10.1. The van der Waals surface area contributed by atoms with Crippen molar-refractivity contribution in [2.75, 3.05) is 5.32 Å². The van der Waals surface area contributed by atoms with Gasteiger partial charge in [-0.05, 0) is 36.8 Å². The molecular formula is C13H12ClN3O. The third-order valence-electron chi connectivity index (χ3n) is 2.59. The van der Waals surface area contributed by atoms with Crippen molar-refractivity contribution in [2.24, 2.45) is 5.73 Å². The van der Waals surface area contributed by atoms with Crippen LogP contribution in [0.5, 0.6) is 0 Å². The van der Waals surface area contributed by atoms with Gasteiger partial charge in [-0.1, -0.05) is 17.7 Å². The maximum absolute atomic E-state index is 11.3. The average Bonchev–Trinajstić information content (AvgIpc) is 2.35. The van der Waals surface area contributed by atoms with Gasteiger partial charge in [0.15, 0.2) is 0 Å². The highest BCUT2D eigenvalue weighted by atomic mass is 35.5. The van der Waals surface area contributed by atoms with Gasteiger partial charge in [0.2, 0.25) is 0 Å². The van der Waals surface area contributed by atoms with E-state index in [-0.39, 0.29) is 0 Å². The van der Waals surface area contributed by atoms with E-state index in [0.717, 1.165) is 11.3 Å². The van der Waals surface area contributed by atoms with Crippen molar-refractivity contribution in [1.82, 2.24) is 4.98 Å². The van der Waals surface area contributed by atoms with Gasteiger partial charge >= 0.3 is 0 Å². The zero-order valence-electron chi connectivity index (χ0n) is 9.77. The molecule has 0 spiro atoms. The highest BCUT2D eigenvalue weighted by Crippen LogP contribution is 2.26. The fourth-order valence-corrected chi connectivity index (χ4v) is 1.75. The molecule has 2 aromatic rings. The van der Waals surface area contributed by atoms with Crippen LogP contribution in [0.2, 0.25) is 5.02 Å². The average molecular weight is 262 g/mol. The van der Waals surface area contributed by atoms with E-state index >= 15 is 0 Å². The molecule has 2 rings (SSSR count). The molecule has 0 unspecified atom stereocenters. The van der Waals surface area contributed by atoms with Crippen LogP contribution in [-0.4, -0.2) is 10.9 Å². The van der Waals surface area contributed by atoms with Gasteiger partial charge in [-0.25, -0.2) is 4.98 Å². The first kappa shape index (κ1) is 12.4. The quantitative estimate of drug-likeness (QED) is 0.893. The van der Waals surface area contributed by atoms with Gasteiger partial charge in [0.05, 0.1) is 5.56 Å². The summed E-state index contributed by atoms with van der Waals surface area (Å²) in [4.78, 5) is 15.4. The molecule has 0 aliphatic rings. The molecule has 0 aliphatic heterocycles. The first-order valence-electron chi connectivity index (χ1n) is 5.36. The lowest BCUT2D eigenvalue weighted by Crippen LogP contribution is -2.14. The van der Waals surface area contributed by atoms with Gasteiger partial charge in [-0.3, -0.25) is 4.79 Å². The van der Waals surface area contributed by atoms with Gasteiger partial charge in [-0.15, -0.1) is 0 Å². The van der Waals surface area contributed by atoms with E-state index in [9.17, 15) is 4.79 Å². The number of benzene rings is 1. The van der Waals surface area contributed by atoms with E-state index in [2.05, 4.69) is 10.3 Å². The summed E-state index contributed by atoms with van der Waals surface area (Å²) in [6.07, 6.45) is 1.59. The smallest absolute Gasteiger partial charge is 0.252 e. The van der Waals surface area contributed by atoms with Crippen molar-refractivity contribution < 1.29 is 4.79 Å². The van der Waals surface area contributed by atoms with Crippen LogP contribution in [0, 0.1) is 6.92 Å². The van der Waals surface area contributed by atoms with Crippen molar-refractivity contribution in [3.63, 3.8) is 0 Å². The number of primary amides is 1. The molecule has 4 nitrogen and oxygen atoms in total. The third kappa shape index (κ3) is 2.43. The molecule has 5 heteroatoms. The summed E-state index contributed by atoms with van der Waals surface area (Å²) < 4.78 is 0. The second kappa shape index (κ2) is 5.06. The van der Waals surface area contributed by atoms with Crippen LogP contribution in [0.3, 0.4) is 0 Å². The van der Waals surface area contributed by atoms with Crippen LogP contribution in [-0.2, 0) is 0 Å². The number of nitrogens with two attached hydrogens (primary N) is 1. The number of halogens is 1. The molecule has 1 aromatic carbocycles. The Bertz CT molecular complexity index is 599. The Kier molecular flexibility index (Phi) is 3.48. The SMILES string of the molecule is Cc1c(Cl)cccc1Nc1ncccc1C(N)=O. The largest absolute Gasteiger partial charge is 0.365 e. The lowest BCUT2D eigenvalue weighted by molar-refractivity contribution is 0.100. The van der Waals surface area contributed by atoms with Crippen LogP contribution < -0.4 is 11.1 Å². The Balaban J connectivity index is 2.40. The molecule has 1 heterocycles. The molecular weight excluding hydrogens is 250 g/mol. The molecule has 0 saturated heterocycles. The summed E-state index contributed by atoms with van der Waals surface area (Å²) in [7, 11) is 0. The lowest BCUT2D eigenvalue weighted by atomic mass is 10.2. The zero-order chi connectivity index (χ0) is 13.1. The number of rotatable bonds is 3. The van der Waals surface area contributed by atoms with Crippen molar-refractivity contribution in [1.29, 1.82) is 0 Å². The number of hydrogen-bond donors (Lipinski definition) is 2. The first-order chi connectivity index (χ1) is 8.59. The van der Waals surface area contributed by atoms with E-state index in [1.165, 1.54) is 0 Å². The summed E-state index contributed by atoms with van der Waals surface area (Å²) in [5.74, 6) is -0.0966. The Morgan fingerprint density at radius 2 is 2.11 bits per heavy atom. The van der Waals surface area contributed by atoms with Crippen LogP contribution >= 0.6 is 11.6 Å². The van der Waals surface area contributed by atoms with E-state index < -0.39 is 5.91 Å². The summed E-state index contributed by atoms with van der Waals surface area (Å²) in [5, 5.41) is 3.72. The Hall–Kier alpha value is -2.07. The number of carbonyl (C=O) groups is 1. The number of pyridine rings is 1. The van der Waals surface area contributed by atoms with Crippen molar-refractivity contribution in [2.45, 2.75) is 6.92 Å². The Labute approximate surface area is 110 Å². The van der Waals surface area contributed by atoms with Crippen molar-refractivity contribution >= 4 is 29.0 Å². The van der Waals surface area contributed by atoms with Crippen molar-refractivity contribution in [3.05, 3.63) is 52.7 Å².